The summed E-state index contributed by atoms with van der Waals surface area (Å²) in [6.07, 6.45) is 2.96. The van der Waals surface area contributed by atoms with Gasteiger partial charge in [0, 0.05) is 15.7 Å². The molecular formula is C34H26BrN3OS. The molecule has 196 valence electrons. The van der Waals surface area contributed by atoms with E-state index in [1.807, 2.05) is 66.7 Å². The lowest BCUT2D eigenvalue weighted by atomic mass is 10.1. The molecule has 6 rings (SSSR count). The summed E-state index contributed by atoms with van der Waals surface area (Å²) in [5.41, 5.74) is 8.28. The molecule has 1 fully saturated rings. The molecule has 40 heavy (non-hydrogen) atoms. The molecule has 0 radical (unpaired) electrons. The Hall–Kier alpha value is -4.13. The Bertz CT molecular complexity index is 1720. The van der Waals surface area contributed by atoms with Gasteiger partial charge in [-0.1, -0.05) is 95.7 Å². The molecule has 5 aromatic rings. The number of rotatable bonds is 6. The second kappa shape index (κ2) is 11.5. The molecule has 1 N–H and O–H groups in total. The molecule has 1 aliphatic heterocycles. The van der Waals surface area contributed by atoms with Gasteiger partial charge in [0.05, 0.1) is 22.0 Å². The lowest BCUT2D eigenvalue weighted by molar-refractivity contribution is -0.115. The Morgan fingerprint density at radius 3 is 2.15 bits per heavy atom. The summed E-state index contributed by atoms with van der Waals surface area (Å²) in [5, 5.41) is 3.53. The third-order valence-corrected chi connectivity index (χ3v) is 8.18. The van der Waals surface area contributed by atoms with Crippen LogP contribution in [0.1, 0.15) is 18.1 Å². The van der Waals surface area contributed by atoms with Crippen LogP contribution in [0.3, 0.4) is 0 Å². The van der Waals surface area contributed by atoms with Crippen LogP contribution in [-0.2, 0) is 11.2 Å². The fraction of sp³-hybridized carbons (Fsp3) is 0.0588. The average Bonchev–Trinajstić information content (AvgIpc) is 3.54. The first kappa shape index (κ1) is 26.1. The van der Waals surface area contributed by atoms with E-state index in [4.69, 9.17) is 0 Å². The number of halogens is 1. The maximum atomic E-state index is 13.1. The Labute approximate surface area is 246 Å². The first-order valence-corrected chi connectivity index (χ1v) is 14.7. The van der Waals surface area contributed by atoms with E-state index in [1.165, 1.54) is 17.3 Å². The van der Waals surface area contributed by atoms with Crippen molar-refractivity contribution >= 4 is 50.5 Å². The number of hydrogen-bond acceptors (Lipinski definition) is 3. The first-order valence-electron chi connectivity index (χ1n) is 13.1. The van der Waals surface area contributed by atoms with Crippen LogP contribution in [-0.4, -0.2) is 15.6 Å². The van der Waals surface area contributed by atoms with E-state index < -0.39 is 0 Å². The zero-order valence-electron chi connectivity index (χ0n) is 21.8. The molecule has 0 bridgehead atoms. The molecule has 0 spiro atoms. The fourth-order valence-electron chi connectivity index (χ4n) is 4.76. The summed E-state index contributed by atoms with van der Waals surface area (Å²) < 4.78 is 3.29. The Morgan fingerprint density at radius 2 is 1.50 bits per heavy atom. The van der Waals surface area contributed by atoms with E-state index in [-0.39, 0.29) is 5.91 Å². The van der Waals surface area contributed by atoms with Crippen molar-refractivity contribution in [3.05, 3.63) is 136 Å². The largest absolute Gasteiger partial charge is 0.309 e. The molecule has 6 heteroatoms. The number of aryl methyl sites for hydroxylation is 1. The van der Waals surface area contributed by atoms with Crippen molar-refractivity contribution in [1.82, 2.24) is 9.88 Å². The topological polar surface area (TPSA) is 46.4 Å². The van der Waals surface area contributed by atoms with Crippen LogP contribution >= 0.6 is 27.7 Å². The van der Waals surface area contributed by atoms with Gasteiger partial charge in [-0.3, -0.25) is 4.79 Å². The zero-order valence-corrected chi connectivity index (χ0v) is 24.2. The van der Waals surface area contributed by atoms with Crippen LogP contribution in [0.4, 0.5) is 5.69 Å². The van der Waals surface area contributed by atoms with Crippen molar-refractivity contribution in [2.75, 3.05) is 0 Å². The number of aliphatic imine (C=N–C) groups is 1. The number of hydrogen-bond donors (Lipinski definition) is 1. The second-order valence-electron chi connectivity index (χ2n) is 9.38. The SMILES string of the molecule is CCc1ccc(N=C2NC(=O)/C(=C\c3cc(-c4ccccc4)n(-c4ccc(Br)cc4)c3-c3ccccc3)S2)cc1. The summed E-state index contributed by atoms with van der Waals surface area (Å²) in [6, 6.07) is 39.2. The van der Waals surface area contributed by atoms with Gasteiger partial charge in [-0.25, -0.2) is 4.99 Å². The van der Waals surface area contributed by atoms with Gasteiger partial charge in [0.25, 0.3) is 5.91 Å². The summed E-state index contributed by atoms with van der Waals surface area (Å²) in [5.74, 6) is -0.148. The Balaban J connectivity index is 1.49. The Morgan fingerprint density at radius 1 is 0.850 bits per heavy atom. The monoisotopic (exact) mass is 603 g/mol. The summed E-state index contributed by atoms with van der Waals surface area (Å²) >= 11 is 4.94. The molecule has 1 aromatic heterocycles. The minimum absolute atomic E-state index is 0.148. The van der Waals surface area contributed by atoms with Crippen LogP contribution in [0.25, 0.3) is 34.3 Å². The third-order valence-electron chi connectivity index (χ3n) is 6.74. The van der Waals surface area contributed by atoms with Gasteiger partial charge in [-0.05, 0) is 83.4 Å². The van der Waals surface area contributed by atoms with E-state index in [0.29, 0.717) is 10.1 Å². The van der Waals surface area contributed by atoms with E-state index in [0.717, 1.165) is 50.3 Å². The molecule has 0 saturated carbocycles. The standard InChI is InChI=1S/C34H26BrN3OS/c1-2-23-13-17-28(18-14-23)36-34-37-33(39)31(40-34)22-26-21-30(24-9-5-3-6-10-24)38(29-19-15-27(35)16-20-29)32(26)25-11-7-4-8-12-25/h3-22H,2H2,1H3,(H,36,37,39)/b31-22+. The van der Waals surface area contributed by atoms with Gasteiger partial charge >= 0.3 is 0 Å². The highest BCUT2D eigenvalue weighted by Crippen LogP contribution is 2.39. The molecular weight excluding hydrogens is 578 g/mol. The number of amidine groups is 1. The molecule has 1 aliphatic rings. The maximum absolute atomic E-state index is 13.1. The van der Waals surface area contributed by atoms with Gasteiger partial charge in [-0.2, -0.15) is 0 Å². The van der Waals surface area contributed by atoms with Crippen LogP contribution in [0.2, 0.25) is 0 Å². The van der Waals surface area contributed by atoms with Gasteiger partial charge in [0.15, 0.2) is 5.17 Å². The third kappa shape index (κ3) is 5.46. The van der Waals surface area contributed by atoms with Crippen LogP contribution in [0, 0.1) is 0 Å². The molecule has 0 aliphatic carbocycles. The minimum atomic E-state index is -0.148. The predicted octanol–water partition coefficient (Wildman–Crippen LogP) is 9.03. The van der Waals surface area contributed by atoms with Crippen LogP contribution in [0.5, 0.6) is 0 Å². The smallest absolute Gasteiger partial charge is 0.264 e. The number of nitrogens with zero attached hydrogens (tertiary/aromatic N) is 2. The maximum Gasteiger partial charge on any atom is 0.264 e. The van der Waals surface area contributed by atoms with E-state index in [9.17, 15) is 4.79 Å². The first-order chi connectivity index (χ1) is 19.6. The number of thioether (sulfide) groups is 1. The second-order valence-corrected chi connectivity index (χ2v) is 11.3. The van der Waals surface area contributed by atoms with Gasteiger partial charge in [-0.15, -0.1) is 0 Å². The number of carbonyl (C=O) groups excluding carboxylic acids is 1. The number of benzene rings is 4. The van der Waals surface area contributed by atoms with Crippen LogP contribution in [0.15, 0.2) is 130 Å². The molecule has 4 aromatic carbocycles. The summed E-state index contributed by atoms with van der Waals surface area (Å²) in [6.45, 7) is 2.13. The normalized spacial score (nSPS) is 15.1. The van der Waals surface area contributed by atoms with Crippen molar-refractivity contribution in [2.24, 2.45) is 4.99 Å². The van der Waals surface area contributed by atoms with Gasteiger partial charge < -0.3 is 9.88 Å². The number of aromatic nitrogens is 1. The zero-order chi connectivity index (χ0) is 27.5. The van der Waals surface area contributed by atoms with Crippen molar-refractivity contribution in [2.45, 2.75) is 13.3 Å². The number of carbonyl (C=O) groups is 1. The van der Waals surface area contributed by atoms with E-state index in [2.05, 4.69) is 92.3 Å². The number of nitrogens with one attached hydrogen (secondary N) is 1. The minimum Gasteiger partial charge on any atom is -0.309 e. The molecule has 0 atom stereocenters. The van der Waals surface area contributed by atoms with Gasteiger partial charge in [0.2, 0.25) is 0 Å². The highest BCUT2D eigenvalue weighted by Gasteiger charge is 2.26. The van der Waals surface area contributed by atoms with E-state index in [1.54, 1.807) is 0 Å². The van der Waals surface area contributed by atoms with Crippen molar-refractivity contribution < 1.29 is 4.79 Å². The number of amides is 1. The molecule has 0 unspecified atom stereocenters. The van der Waals surface area contributed by atoms with E-state index >= 15 is 0 Å². The molecule has 1 amide bonds. The average molecular weight is 605 g/mol. The molecule has 2 heterocycles. The Kier molecular flexibility index (Phi) is 7.53. The van der Waals surface area contributed by atoms with Crippen molar-refractivity contribution in [3.63, 3.8) is 0 Å². The summed E-state index contributed by atoms with van der Waals surface area (Å²) in [7, 11) is 0. The highest BCUT2D eigenvalue weighted by atomic mass is 79.9. The quantitative estimate of drug-likeness (QED) is 0.197. The van der Waals surface area contributed by atoms with Crippen LogP contribution < -0.4 is 5.32 Å². The highest BCUT2D eigenvalue weighted by molar-refractivity contribution is 9.10. The summed E-state index contributed by atoms with van der Waals surface area (Å²) in [4.78, 5) is 18.4. The predicted molar refractivity (Wildman–Crippen MR) is 171 cm³/mol. The molecule has 4 nitrogen and oxygen atoms in total. The van der Waals surface area contributed by atoms with Gasteiger partial charge in [0.1, 0.15) is 0 Å². The fourth-order valence-corrected chi connectivity index (χ4v) is 5.85. The molecule has 1 saturated heterocycles. The van der Waals surface area contributed by atoms with Crippen molar-refractivity contribution in [1.29, 1.82) is 0 Å². The van der Waals surface area contributed by atoms with Crippen molar-refractivity contribution in [3.8, 4) is 28.2 Å². The lowest BCUT2D eigenvalue weighted by Gasteiger charge is -2.15. The lowest BCUT2D eigenvalue weighted by Crippen LogP contribution is -2.19.